The van der Waals surface area contributed by atoms with Crippen LogP contribution in [0.25, 0.3) is 28.8 Å². The highest BCUT2D eigenvalue weighted by Gasteiger charge is 2.34. The molecule has 0 unspecified atom stereocenters. The monoisotopic (exact) mass is 537 g/mol. The first-order valence-electron chi connectivity index (χ1n) is 9.81. The Kier molecular flexibility index (Phi) is 6.09. The van der Waals surface area contributed by atoms with E-state index in [1.165, 1.54) is 29.9 Å². The third kappa shape index (κ3) is 4.23. The first-order valence-corrected chi connectivity index (χ1v) is 12.6. The molecule has 0 atom stereocenters. The summed E-state index contributed by atoms with van der Waals surface area (Å²) in [7, 11) is 1.62. The maximum Gasteiger partial charge on any atom is 0.204 e. The Hall–Kier alpha value is -2.88. The lowest BCUT2D eigenvalue weighted by Crippen LogP contribution is -2.04. The van der Waals surface area contributed by atoms with Gasteiger partial charge in [-0.25, -0.2) is 15.0 Å². The number of methoxy groups -OCH3 is 1. The van der Waals surface area contributed by atoms with Crippen LogP contribution in [0.5, 0.6) is 5.75 Å². The van der Waals surface area contributed by atoms with Crippen molar-refractivity contribution in [2.24, 2.45) is 0 Å². The lowest BCUT2D eigenvalue weighted by molar-refractivity contribution is 0.104. The molecule has 164 valence electrons. The minimum Gasteiger partial charge on any atom is -0.497 e. The SMILES string of the molecule is COc1ccc(/C=C2\Sc3nc(SC)nc(-c4ncoc4-c4ccc(Br)cc4)c3C2=O)cc1. The number of hydrogen-bond acceptors (Lipinski definition) is 8. The number of carbonyl (C=O) groups is 1. The number of benzene rings is 2. The summed E-state index contributed by atoms with van der Waals surface area (Å²) in [6.45, 7) is 0. The van der Waals surface area contributed by atoms with Gasteiger partial charge in [0.25, 0.3) is 0 Å². The number of aromatic nitrogens is 3. The highest BCUT2D eigenvalue weighted by atomic mass is 79.9. The molecule has 33 heavy (non-hydrogen) atoms. The van der Waals surface area contributed by atoms with E-state index in [2.05, 4.69) is 30.9 Å². The average Bonchev–Trinajstić information content (AvgIpc) is 3.44. The van der Waals surface area contributed by atoms with Crippen molar-refractivity contribution < 1.29 is 13.9 Å². The van der Waals surface area contributed by atoms with Gasteiger partial charge in [0.15, 0.2) is 17.3 Å². The Morgan fingerprint density at radius 1 is 1.06 bits per heavy atom. The fourth-order valence-electron chi connectivity index (χ4n) is 3.40. The van der Waals surface area contributed by atoms with Gasteiger partial charge in [0.05, 0.1) is 17.6 Å². The van der Waals surface area contributed by atoms with Gasteiger partial charge >= 0.3 is 0 Å². The van der Waals surface area contributed by atoms with Crippen LogP contribution in [0.1, 0.15) is 15.9 Å². The van der Waals surface area contributed by atoms with Crippen LogP contribution in [-0.4, -0.2) is 34.1 Å². The summed E-state index contributed by atoms with van der Waals surface area (Å²) in [6, 6.07) is 15.2. The van der Waals surface area contributed by atoms with Gasteiger partial charge in [-0.15, -0.1) is 0 Å². The highest BCUT2D eigenvalue weighted by Crippen LogP contribution is 2.45. The van der Waals surface area contributed by atoms with Crippen LogP contribution in [-0.2, 0) is 0 Å². The summed E-state index contributed by atoms with van der Waals surface area (Å²) in [5.41, 5.74) is 3.19. The minimum atomic E-state index is -0.127. The highest BCUT2D eigenvalue weighted by molar-refractivity contribution is 9.10. The Morgan fingerprint density at radius 2 is 1.82 bits per heavy atom. The van der Waals surface area contributed by atoms with Gasteiger partial charge in [-0.2, -0.15) is 0 Å². The molecule has 0 amide bonds. The Balaban J connectivity index is 1.60. The molecule has 1 aliphatic heterocycles. The number of fused-ring (bicyclic) bond motifs is 1. The molecule has 0 radical (unpaired) electrons. The van der Waals surface area contributed by atoms with E-state index in [-0.39, 0.29) is 5.78 Å². The fraction of sp³-hybridized carbons (Fsp3) is 0.0833. The fourth-order valence-corrected chi connectivity index (χ4v) is 5.11. The molecule has 0 spiro atoms. The molecule has 2 aromatic carbocycles. The van der Waals surface area contributed by atoms with E-state index in [0.717, 1.165) is 21.3 Å². The van der Waals surface area contributed by atoms with Gasteiger partial charge in [0.1, 0.15) is 22.2 Å². The molecule has 0 saturated heterocycles. The van der Waals surface area contributed by atoms with Gasteiger partial charge in [-0.1, -0.05) is 63.7 Å². The van der Waals surface area contributed by atoms with Crippen molar-refractivity contribution in [1.82, 2.24) is 15.0 Å². The predicted octanol–water partition coefficient (Wildman–Crippen LogP) is 6.62. The summed E-state index contributed by atoms with van der Waals surface area (Å²) in [5.74, 6) is 1.19. The number of carbonyl (C=O) groups excluding carboxylic acids is 1. The second-order valence-corrected chi connectivity index (χ2v) is 9.71. The zero-order valence-corrected chi connectivity index (χ0v) is 20.8. The van der Waals surface area contributed by atoms with E-state index in [1.54, 1.807) is 7.11 Å². The molecule has 5 rings (SSSR count). The van der Waals surface area contributed by atoms with Crippen LogP contribution in [0, 0.1) is 0 Å². The van der Waals surface area contributed by atoms with E-state index in [0.29, 0.717) is 37.8 Å². The zero-order chi connectivity index (χ0) is 22.9. The van der Waals surface area contributed by atoms with E-state index in [4.69, 9.17) is 9.15 Å². The summed E-state index contributed by atoms with van der Waals surface area (Å²) in [5, 5.41) is 1.19. The Bertz CT molecular complexity index is 1380. The number of hydrogen-bond donors (Lipinski definition) is 0. The number of nitrogens with zero attached hydrogens (tertiary/aromatic N) is 3. The zero-order valence-electron chi connectivity index (χ0n) is 17.5. The van der Waals surface area contributed by atoms with Crippen LogP contribution < -0.4 is 4.74 Å². The Morgan fingerprint density at radius 3 is 2.52 bits per heavy atom. The lowest BCUT2D eigenvalue weighted by Gasteiger charge is -2.07. The van der Waals surface area contributed by atoms with E-state index < -0.39 is 0 Å². The van der Waals surface area contributed by atoms with Gasteiger partial charge in [-0.05, 0) is 42.2 Å². The summed E-state index contributed by atoms with van der Waals surface area (Å²) in [4.78, 5) is 27.7. The number of oxazole rings is 1. The standard InChI is InChI=1S/C24H16BrN3O3S2/c1-30-16-9-3-13(4-10-16)11-17-21(29)18-19(27-24(32-2)28-23(18)33-17)20-22(31-12-26-20)14-5-7-15(25)8-6-14/h3-12H,1-2H3/b17-11-. The van der Waals surface area contributed by atoms with Gasteiger partial charge in [0, 0.05) is 10.0 Å². The second kappa shape index (κ2) is 9.17. The molecule has 0 N–H and O–H groups in total. The molecule has 2 aromatic heterocycles. The second-order valence-electron chi connectivity index (χ2n) is 6.99. The molecule has 0 fully saturated rings. The largest absolute Gasteiger partial charge is 0.497 e. The van der Waals surface area contributed by atoms with Crippen molar-refractivity contribution in [3.8, 4) is 28.5 Å². The topological polar surface area (TPSA) is 78.1 Å². The lowest BCUT2D eigenvalue weighted by atomic mass is 10.0. The molecule has 0 saturated carbocycles. The molecule has 1 aliphatic rings. The van der Waals surface area contributed by atoms with Gasteiger partial charge in [0.2, 0.25) is 5.78 Å². The average molecular weight is 538 g/mol. The molecule has 6 nitrogen and oxygen atoms in total. The molecule has 4 aromatic rings. The number of ketones is 1. The molecule has 0 bridgehead atoms. The maximum atomic E-state index is 13.5. The minimum absolute atomic E-state index is 0.127. The number of rotatable bonds is 5. The van der Waals surface area contributed by atoms with Crippen LogP contribution in [0.15, 0.2) is 78.9 Å². The molecule has 3 heterocycles. The van der Waals surface area contributed by atoms with Crippen LogP contribution in [0.2, 0.25) is 0 Å². The quantitative estimate of drug-likeness (QED) is 0.121. The Labute approximate surface area is 207 Å². The third-order valence-corrected chi connectivity index (χ3v) is 7.10. The number of allylic oxidation sites excluding steroid dienone is 1. The summed E-state index contributed by atoms with van der Waals surface area (Å²) >= 11 is 6.21. The predicted molar refractivity (Wildman–Crippen MR) is 134 cm³/mol. The van der Waals surface area contributed by atoms with Crippen molar-refractivity contribution >= 4 is 51.3 Å². The molecular weight excluding hydrogens is 522 g/mol. The van der Waals surface area contributed by atoms with Crippen molar-refractivity contribution in [2.45, 2.75) is 10.2 Å². The third-order valence-electron chi connectivity index (χ3n) is 5.01. The molecule has 9 heteroatoms. The first kappa shape index (κ1) is 21.9. The van der Waals surface area contributed by atoms with Crippen LogP contribution in [0.3, 0.4) is 0 Å². The van der Waals surface area contributed by atoms with Gasteiger partial charge < -0.3 is 9.15 Å². The molecule has 0 aliphatic carbocycles. The van der Waals surface area contributed by atoms with Crippen molar-refractivity contribution in [3.63, 3.8) is 0 Å². The van der Waals surface area contributed by atoms with Crippen molar-refractivity contribution in [2.75, 3.05) is 13.4 Å². The number of thioether (sulfide) groups is 2. The summed E-state index contributed by atoms with van der Waals surface area (Å²) < 4.78 is 11.9. The summed E-state index contributed by atoms with van der Waals surface area (Å²) in [6.07, 6.45) is 5.13. The first-order chi connectivity index (χ1) is 16.1. The maximum absolute atomic E-state index is 13.5. The number of Topliss-reactive ketones (excluding diaryl/α,β-unsaturated/α-hetero) is 1. The number of halogens is 1. The smallest absolute Gasteiger partial charge is 0.204 e. The van der Waals surface area contributed by atoms with Crippen molar-refractivity contribution in [3.05, 3.63) is 75.4 Å². The van der Waals surface area contributed by atoms with Crippen LogP contribution >= 0.6 is 39.5 Å². The van der Waals surface area contributed by atoms with E-state index in [1.807, 2.05) is 60.9 Å². The van der Waals surface area contributed by atoms with E-state index in [9.17, 15) is 4.79 Å². The normalized spacial score (nSPS) is 14.0. The molecular formula is C24H16BrN3O3S2. The van der Waals surface area contributed by atoms with Crippen LogP contribution in [0.4, 0.5) is 0 Å². The van der Waals surface area contributed by atoms with Crippen molar-refractivity contribution in [1.29, 1.82) is 0 Å². The van der Waals surface area contributed by atoms with E-state index >= 15 is 0 Å². The van der Waals surface area contributed by atoms with Gasteiger partial charge in [-0.3, -0.25) is 4.79 Å². The number of ether oxygens (including phenoxy) is 1.